The average Bonchev–Trinajstić information content (AvgIpc) is 2.43. The van der Waals surface area contributed by atoms with Crippen LogP contribution in [0.25, 0.3) is 0 Å². The van der Waals surface area contributed by atoms with E-state index < -0.39 is 54.9 Å². The number of hydrogen-bond donors (Lipinski definition) is 7. The van der Waals surface area contributed by atoms with E-state index in [1.165, 1.54) is 0 Å². The summed E-state index contributed by atoms with van der Waals surface area (Å²) in [5, 5.41) is 29.7. The molecule has 1 aliphatic heterocycles. The van der Waals surface area contributed by atoms with E-state index in [1.54, 1.807) is 0 Å². The van der Waals surface area contributed by atoms with E-state index in [2.05, 4.69) is 0 Å². The van der Waals surface area contributed by atoms with E-state index >= 15 is 0 Å². The smallest absolute Gasteiger partial charge is 0.173 e. The molecule has 9 nitrogen and oxygen atoms in total. The Labute approximate surface area is 123 Å². The summed E-state index contributed by atoms with van der Waals surface area (Å²) in [6.45, 7) is 0.126. The first-order chi connectivity index (χ1) is 9.85. The number of aliphatic hydroxyl groups is 3. The van der Waals surface area contributed by atoms with Gasteiger partial charge >= 0.3 is 0 Å². The van der Waals surface area contributed by atoms with Gasteiger partial charge in [0.15, 0.2) is 6.29 Å². The monoisotopic (exact) mass is 306 g/mol. The van der Waals surface area contributed by atoms with Crippen LogP contribution in [0.4, 0.5) is 0 Å². The van der Waals surface area contributed by atoms with Gasteiger partial charge in [0.1, 0.15) is 12.2 Å². The first-order valence-corrected chi connectivity index (χ1v) is 7.17. The molecule has 1 saturated heterocycles. The molecular formula is C12H26N4O5. The lowest BCUT2D eigenvalue weighted by Crippen LogP contribution is -2.64. The number of ether oxygens (including phenoxy) is 2. The third kappa shape index (κ3) is 3.52. The molecule has 9 heteroatoms. The molecule has 9 atom stereocenters. The summed E-state index contributed by atoms with van der Waals surface area (Å²) in [6.07, 6.45) is -4.79. The van der Waals surface area contributed by atoms with E-state index in [0.29, 0.717) is 6.42 Å². The van der Waals surface area contributed by atoms with Crippen LogP contribution < -0.4 is 22.9 Å². The van der Waals surface area contributed by atoms with Crippen molar-refractivity contribution in [1.29, 1.82) is 0 Å². The van der Waals surface area contributed by atoms with Gasteiger partial charge in [-0.05, 0) is 12.8 Å². The summed E-state index contributed by atoms with van der Waals surface area (Å²) < 4.78 is 11.2. The zero-order valence-electron chi connectivity index (χ0n) is 11.8. The maximum atomic E-state index is 10.1. The van der Waals surface area contributed by atoms with Crippen LogP contribution in [0.1, 0.15) is 12.8 Å². The molecule has 11 N–H and O–H groups in total. The lowest BCUT2D eigenvalue weighted by Gasteiger charge is -2.44. The summed E-state index contributed by atoms with van der Waals surface area (Å²) in [5.41, 5.74) is 23.0. The van der Waals surface area contributed by atoms with E-state index in [9.17, 15) is 15.3 Å². The van der Waals surface area contributed by atoms with Gasteiger partial charge in [0.2, 0.25) is 0 Å². The number of rotatable bonds is 3. The standard InChI is InChI=1S/C12H26N4O5/c13-3-8-7(17)2-6(16)12(20-8)21-11-5(15)1-4(14)9(18)10(11)19/h4-12,17-19H,1-3,13-16H2/t4-,5-,6-,7+,8+,9-,10+,11-,12-/m1/s1. The molecule has 2 rings (SSSR count). The maximum Gasteiger partial charge on any atom is 0.173 e. The van der Waals surface area contributed by atoms with Crippen LogP contribution in [-0.4, -0.2) is 76.8 Å². The molecule has 1 heterocycles. The van der Waals surface area contributed by atoms with Crippen molar-refractivity contribution in [3.8, 4) is 0 Å². The Kier molecular flexibility index (Phi) is 5.52. The molecule has 0 unspecified atom stereocenters. The van der Waals surface area contributed by atoms with Crippen LogP contribution in [-0.2, 0) is 9.47 Å². The molecule has 0 aromatic rings. The number of hydrogen-bond acceptors (Lipinski definition) is 9. The highest BCUT2D eigenvalue weighted by molar-refractivity contribution is 4.98. The quantitative estimate of drug-likeness (QED) is 0.272. The first-order valence-electron chi connectivity index (χ1n) is 7.17. The van der Waals surface area contributed by atoms with Gasteiger partial charge in [-0.25, -0.2) is 0 Å². The van der Waals surface area contributed by atoms with Crippen molar-refractivity contribution in [3.05, 3.63) is 0 Å². The van der Waals surface area contributed by atoms with Crippen molar-refractivity contribution >= 4 is 0 Å². The Hall–Kier alpha value is -0.360. The van der Waals surface area contributed by atoms with Crippen molar-refractivity contribution in [3.63, 3.8) is 0 Å². The summed E-state index contributed by atoms with van der Waals surface area (Å²) in [6, 6.07) is -1.72. The minimum absolute atomic E-state index is 0.126. The van der Waals surface area contributed by atoms with Crippen molar-refractivity contribution in [2.75, 3.05) is 6.54 Å². The highest BCUT2D eigenvalue weighted by atomic mass is 16.7. The number of nitrogens with two attached hydrogens (primary N) is 4. The first kappa shape index (κ1) is 17.0. The second kappa shape index (κ2) is 6.82. The lowest BCUT2D eigenvalue weighted by atomic mass is 9.84. The Morgan fingerprint density at radius 1 is 0.952 bits per heavy atom. The zero-order valence-corrected chi connectivity index (χ0v) is 11.8. The largest absolute Gasteiger partial charge is 0.390 e. The molecule has 0 spiro atoms. The SMILES string of the molecule is NC[C@@H]1O[C@H](O[C@H]2[C@@H](O)[C@H](O)[C@H](N)C[C@H]2N)[C@H](N)C[C@@H]1O. The molecule has 0 amide bonds. The van der Waals surface area contributed by atoms with Crippen LogP contribution in [0.15, 0.2) is 0 Å². The van der Waals surface area contributed by atoms with Gasteiger partial charge in [-0.3, -0.25) is 0 Å². The molecule has 1 saturated carbocycles. The Balaban J connectivity index is 2.02. The van der Waals surface area contributed by atoms with Crippen molar-refractivity contribution in [2.24, 2.45) is 22.9 Å². The second-order valence-corrected chi connectivity index (χ2v) is 5.89. The van der Waals surface area contributed by atoms with Gasteiger partial charge in [-0.2, -0.15) is 0 Å². The normalized spacial score (nSPS) is 51.9. The third-order valence-corrected chi connectivity index (χ3v) is 4.22. The van der Waals surface area contributed by atoms with Gasteiger partial charge < -0.3 is 47.7 Å². The van der Waals surface area contributed by atoms with Crippen LogP contribution in [0, 0.1) is 0 Å². The van der Waals surface area contributed by atoms with Crippen molar-refractivity contribution < 1.29 is 24.8 Å². The molecule has 0 radical (unpaired) electrons. The molecule has 0 aromatic carbocycles. The van der Waals surface area contributed by atoms with Gasteiger partial charge in [0.05, 0.1) is 24.4 Å². The predicted octanol–water partition coefficient (Wildman–Crippen LogP) is -4.09. The Morgan fingerprint density at radius 3 is 2.24 bits per heavy atom. The minimum Gasteiger partial charge on any atom is -0.390 e. The molecule has 0 aromatic heterocycles. The van der Waals surface area contributed by atoms with Crippen LogP contribution in [0.2, 0.25) is 0 Å². The van der Waals surface area contributed by atoms with Gasteiger partial charge in [-0.1, -0.05) is 0 Å². The van der Waals surface area contributed by atoms with Crippen LogP contribution >= 0.6 is 0 Å². The van der Waals surface area contributed by atoms with E-state index in [4.69, 9.17) is 32.4 Å². The zero-order chi connectivity index (χ0) is 15.7. The molecule has 21 heavy (non-hydrogen) atoms. The maximum absolute atomic E-state index is 10.1. The molecule has 2 fully saturated rings. The van der Waals surface area contributed by atoms with Crippen LogP contribution in [0.5, 0.6) is 0 Å². The Bertz CT molecular complexity index is 350. The van der Waals surface area contributed by atoms with Gasteiger partial charge in [0.25, 0.3) is 0 Å². The lowest BCUT2D eigenvalue weighted by molar-refractivity contribution is -0.268. The van der Waals surface area contributed by atoms with Crippen molar-refractivity contribution in [1.82, 2.24) is 0 Å². The fourth-order valence-electron chi connectivity index (χ4n) is 2.88. The average molecular weight is 306 g/mol. The molecule has 2 aliphatic rings. The number of aliphatic hydroxyl groups excluding tert-OH is 3. The highest BCUT2D eigenvalue weighted by Gasteiger charge is 2.45. The second-order valence-electron chi connectivity index (χ2n) is 5.89. The molecule has 1 aliphatic carbocycles. The van der Waals surface area contributed by atoms with Gasteiger partial charge in [-0.15, -0.1) is 0 Å². The highest BCUT2D eigenvalue weighted by Crippen LogP contribution is 2.26. The topological polar surface area (TPSA) is 183 Å². The minimum atomic E-state index is -1.22. The summed E-state index contributed by atoms with van der Waals surface area (Å²) in [4.78, 5) is 0. The molecule has 124 valence electrons. The molecule has 0 bridgehead atoms. The molecular weight excluding hydrogens is 280 g/mol. The summed E-state index contributed by atoms with van der Waals surface area (Å²) >= 11 is 0. The van der Waals surface area contributed by atoms with Gasteiger partial charge in [0, 0.05) is 18.6 Å². The van der Waals surface area contributed by atoms with Crippen LogP contribution in [0.3, 0.4) is 0 Å². The van der Waals surface area contributed by atoms with E-state index in [1.807, 2.05) is 0 Å². The third-order valence-electron chi connectivity index (χ3n) is 4.22. The van der Waals surface area contributed by atoms with Crippen molar-refractivity contribution in [2.45, 2.75) is 67.8 Å². The fraction of sp³-hybridized carbons (Fsp3) is 1.00. The summed E-state index contributed by atoms with van der Waals surface area (Å²) in [5.74, 6) is 0. The van der Waals surface area contributed by atoms with E-state index in [-0.39, 0.29) is 13.0 Å². The fourth-order valence-corrected chi connectivity index (χ4v) is 2.88. The van der Waals surface area contributed by atoms with E-state index in [0.717, 1.165) is 0 Å². The predicted molar refractivity (Wildman–Crippen MR) is 73.8 cm³/mol. The summed E-state index contributed by atoms with van der Waals surface area (Å²) in [7, 11) is 0. The Morgan fingerprint density at radius 2 is 1.62 bits per heavy atom.